The highest BCUT2D eigenvalue weighted by Gasteiger charge is 2.06. The summed E-state index contributed by atoms with van der Waals surface area (Å²) in [6.45, 7) is 1.80. The lowest BCUT2D eigenvalue weighted by Crippen LogP contribution is -2.07. The minimum absolute atomic E-state index is 0.00472. The van der Waals surface area contributed by atoms with Crippen LogP contribution >= 0.6 is 0 Å². The van der Waals surface area contributed by atoms with Gasteiger partial charge in [0.2, 0.25) is 5.91 Å². The highest BCUT2D eigenvalue weighted by molar-refractivity contribution is 6.02. The third kappa shape index (κ3) is 5.20. The van der Waals surface area contributed by atoms with Gasteiger partial charge < -0.3 is 10.6 Å². The second kappa shape index (κ2) is 9.17. The molecule has 0 aliphatic rings. The lowest BCUT2D eigenvalue weighted by Gasteiger charge is -2.10. The number of imidazole rings is 1. The topological polar surface area (TPSA) is 84.7 Å². The summed E-state index contributed by atoms with van der Waals surface area (Å²) in [6.07, 6.45) is 7.48. The maximum atomic E-state index is 13.6. The van der Waals surface area contributed by atoms with E-state index in [1.54, 1.807) is 60.5 Å². The van der Waals surface area contributed by atoms with E-state index in [0.29, 0.717) is 23.1 Å². The first-order chi connectivity index (χ1) is 15.5. The van der Waals surface area contributed by atoms with Gasteiger partial charge in [-0.25, -0.2) is 23.7 Å². The maximum Gasteiger partial charge on any atom is 0.248 e. The summed E-state index contributed by atoms with van der Waals surface area (Å²) in [5.74, 6) is 0.239. The van der Waals surface area contributed by atoms with E-state index < -0.39 is 17.5 Å². The zero-order valence-electron chi connectivity index (χ0n) is 17.0. The molecule has 32 heavy (non-hydrogen) atoms. The summed E-state index contributed by atoms with van der Waals surface area (Å²) in [7, 11) is 0. The number of aryl methyl sites for hydroxylation is 1. The predicted molar refractivity (Wildman–Crippen MR) is 118 cm³/mol. The fourth-order valence-electron chi connectivity index (χ4n) is 2.92. The average Bonchev–Trinajstić information content (AvgIpc) is 3.30. The molecule has 0 bridgehead atoms. The fraction of sp³-hybridized carbons (Fsp3) is 0.0435. The maximum absolute atomic E-state index is 13.6. The number of rotatable bonds is 6. The van der Waals surface area contributed by atoms with Crippen molar-refractivity contribution in [1.82, 2.24) is 19.5 Å². The van der Waals surface area contributed by atoms with E-state index in [-0.39, 0.29) is 5.56 Å². The Kier molecular flexibility index (Phi) is 5.98. The number of aromatic nitrogens is 4. The summed E-state index contributed by atoms with van der Waals surface area (Å²) in [6, 6.07) is 11.8. The lowest BCUT2D eigenvalue weighted by atomic mass is 10.2. The molecule has 0 spiro atoms. The number of carbonyl (C=O) groups excluding carboxylic acids is 1. The lowest BCUT2D eigenvalue weighted by molar-refractivity contribution is -0.111. The van der Waals surface area contributed by atoms with Crippen LogP contribution in [0.2, 0.25) is 0 Å². The van der Waals surface area contributed by atoms with Gasteiger partial charge in [0.1, 0.15) is 35.4 Å². The van der Waals surface area contributed by atoms with Gasteiger partial charge in [0, 0.05) is 41.5 Å². The number of anilines is 3. The molecule has 0 fully saturated rings. The second-order valence-electron chi connectivity index (χ2n) is 6.82. The van der Waals surface area contributed by atoms with Gasteiger partial charge in [0.05, 0.1) is 0 Å². The molecule has 1 amide bonds. The van der Waals surface area contributed by atoms with Gasteiger partial charge in [-0.15, -0.1) is 0 Å². The molecule has 0 saturated carbocycles. The number of hydrogen-bond donors (Lipinski definition) is 2. The van der Waals surface area contributed by atoms with Crippen LogP contribution in [0.1, 0.15) is 11.4 Å². The third-order valence-electron chi connectivity index (χ3n) is 4.39. The molecule has 0 saturated heterocycles. The Labute approximate surface area is 182 Å². The van der Waals surface area contributed by atoms with Crippen LogP contribution in [-0.2, 0) is 4.79 Å². The normalized spacial score (nSPS) is 11.0. The van der Waals surface area contributed by atoms with Crippen molar-refractivity contribution < 1.29 is 13.6 Å². The standard InChI is InChI=1S/C23H18F2N6O/c1-15-27-21(13-22(28-15)31-11-10-26-14-31)29-18-4-6-19(7-5-18)30-23(32)9-2-16-12-17(24)3-8-20(16)25/h2-14H,1H3,(H,30,32)(H,27,28,29)/b9-2+. The number of benzene rings is 2. The van der Waals surface area contributed by atoms with Crippen molar-refractivity contribution in [2.45, 2.75) is 6.92 Å². The van der Waals surface area contributed by atoms with Crippen LogP contribution in [0.3, 0.4) is 0 Å². The van der Waals surface area contributed by atoms with E-state index in [0.717, 1.165) is 30.0 Å². The molecule has 0 atom stereocenters. The van der Waals surface area contributed by atoms with Crippen molar-refractivity contribution in [3.63, 3.8) is 0 Å². The first-order valence-electron chi connectivity index (χ1n) is 9.61. The van der Waals surface area contributed by atoms with Crippen molar-refractivity contribution in [3.05, 3.63) is 96.4 Å². The fourth-order valence-corrected chi connectivity index (χ4v) is 2.92. The Morgan fingerprint density at radius 3 is 2.56 bits per heavy atom. The van der Waals surface area contributed by atoms with Gasteiger partial charge >= 0.3 is 0 Å². The van der Waals surface area contributed by atoms with Crippen molar-refractivity contribution in [2.24, 2.45) is 0 Å². The molecular weight excluding hydrogens is 414 g/mol. The van der Waals surface area contributed by atoms with Crippen LogP contribution in [0.15, 0.2) is 73.3 Å². The zero-order valence-corrected chi connectivity index (χ0v) is 17.0. The molecule has 0 radical (unpaired) electrons. The summed E-state index contributed by atoms with van der Waals surface area (Å²) < 4.78 is 28.6. The second-order valence-corrected chi connectivity index (χ2v) is 6.82. The van der Waals surface area contributed by atoms with Crippen LogP contribution in [0.5, 0.6) is 0 Å². The van der Waals surface area contributed by atoms with E-state index in [2.05, 4.69) is 25.6 Å². The van der Waals surface area contributed by atoms with Crippen LogP contribution in [0.25, 0.3) is 11.9 Å². The monoisotopic (exact) mass is 432 g/mol. The molecule has 2 aromatic carbocycles. The molecule has 0 unspecified atom stereocenters. The predicted octanol–water partition coefficient (Wildman–Crippen LogP) is 4.64. The Bertz CT molecular complexity index is 1270. The molecule has 0 aliphatic carbocycles. The third-order valence-corrected chi connectivity index (χ3v) is 4.39. The quantitative estimate of drug-likeness (QED) is 0.434. The van der Waals surface area contributed by atoms with E-state index in [1.807, 2.05) is 0 Å². The minimum Gasteiger partial charge on any atom is -0.340 e. The molecule has 7 nitrogen and oxygen atoms in total. The average molecular weight is 432 g/mol. The Morgan fingerprint density at radius 2 is 1.81 bits per heavy atom. The molecule has 2 heterocycles. The number of halogens is 2. The van der Waals surface area contributed by atoms with E-state index in [4.69, 9.17) is 0 Å². The van der Waals surface area contributed by atoms with Crippen LogP contribution in [0, 0.1) is 18.6 Å². The van der Waals surface area contributed by atoms with Gasteiger partial charge in [-0.2, -0.15) is 0 Å². The van der Waals surface area contributed by atoms with Crippen LogP contribution in [-0.4, -0.2) is 25.4 Å². The molecule has 9 heteroatoms. The van der Waals surface area contributed by atoms with Crippen molar-refractivity contribution in [2.75, 3.05) is 10.6 Å². The number of hydrogen-bond acceptors (Lipinski definition) is 5. The number of nitrogens with one attached hydrogen (secondary N) is 2. The molecule has 4 aromatic rings. The summed E-state index contributed by atoms with van der Waals surface area (Å²) in [5, 5.41) is 5.87. The summed E-state index contributed by atoms with van der Waals surface area (Å²) >= 11 is 0. The Balaban J connectivity index is 1.41. The Hall–Kier alpha value is -4.40. The van der Waals surface area contributed by atoms with Crippen molar-refractivity contribution in [3.8, 4) is 5.82 Å². The van der Waals surface area contributed by atoms with Gasteiger partial charge in [-0.3, -0.25) is 9.36 Å². The van der Waals surface area contributed by atoms with Gasteiger partial charge in [-0.05, 0) is 55.5 Å². The number of nitrogens with zero attached hydrogens (tertiary/aromatic N) is 4. The van der Waals surface area contributed by atoms with Crippen LogP contribution < -0.4 is 10.6 Å². The highest BCUT2D eigenvalue weighted by atomic mass is 19.1. The first-order valence-corrected chi connectivity index (χ1v) is 9.61. The zero-order chi connectivity index (χ0) is 22.5. The molecule has 4 rings (SSSR count). The van der Waals surface area contributed by atoms with Gasteiger partial charge in [0.25, 0.3) is 0 Å². The van der Waals surface area contributed by atoms with Gasteiger partial charge in [-0.1, -0.05) is 0 Å². The first kappa shape index (κ1) is 20.9. The Morgan fingerprint density at radius 1 is 1.03 bits per heavy atom. The van der Waals surface area contributed by atoms with E-state index in [9.17, 15) is 13.6 Å². The molecule has 0 aliphatic heterocycles. The smallest absolute Gasteiger partial charge is 0.248 e. The van der Waals surface area contributed by atoms with E-state index in [1.165, 1.54) is 6.08 Å². The van der Waals surface area contributed by atoms with Crippen molar-refractivity contribution >= 4 is 29.2 Å². The number of carbonyl (C=O) groups is 1. The largest absolute Gasteiger partial charge is 0.340 e. The van der Waals surface area contributed by atoms with Gasteiger partial charge in [0.15, 0.2) is 0 Å². The minimum atomic E-state index is -0.609. The molecule has 2 N–H and O–H groups in total. The molecular formula is C23H18F2N6O. The SMILES string of the molecule is Cc1nc(Nc2ccc(NC(=O)/C=C/c3cc(F)ccc3F)cc2)cc(-n2ccnc2)n1. The molecule has 160 valence electrons. The van der Waals surface area contributed by atoms with Crippen molar-refractivity contribution in [1.29, 1.82) is 0 Å². The highest BCUT2D eigenvalue weighted by Crippen LogP contribution is 2.19. The molecule has 2 aromatic heterocycles. The van der Waals surface area contributed by atoms with Crippen LogP contribution in [0.4, 0.5) is 26.0 Å². The van der Waals surface area contributed by atoms with E-state index >= 15 is 0 Å². The summed E-state index contributed by atoms with van der Waals surface area (Å²) in [5.41, 5.74) is 1.30. The summed E-state index contributed by atoms with van der Waals surface area (Å²) in [4.78, 5) is 24.9. The number of amides is 1.